The predicted molar refractivity (Wildman–Crippen MR) is 84.8 cm³/mol. The molecule has 1 aromatic heterocycles. The third-order valence-corrected chi connectivity index (χ3v) is 5.60. The number of ether oxygens (including phenoxy) is 1. The second kappa shape index (κ2) is 6.34. The molecule has 3 rings (SSSR count). The Balaban J connectivity index is 2.09. The zero-order valence-electron chi connectivity index (χ0n) is 13.0. The van der Waals surface area contributed by atoms with Gasteiger partial charge in [-0.05, 0) is 30.7 Å². The van der Waals surface area contributed by atoms with Crippen LogP contribution in [-0.2, 0) is 14.8 Å². The first-order valence-electron chi connectivity index (χ1n) is 7.36. The molecule has 8 nitrogen and oxygen atoms in total. The van der Waals surface area contributed by atoms with Gasteiger partial charge in [0, 0.05) is 19.3 Å². The van der Waals surface area contributed by atoms with Crippen LogP contribution in [0.1, 0.15) is 15.9 Å². The Labute approximate surface area is 139 Å². The molecule has 1 aromatic carbocycles. The van der Waals surface area contributed by atoms with Gasteiger partial charge in [-0.2, -0.15) is 9.40 Å². The van der Waals surface area contributed by atoms with Crippen LogP contribution in [0.25, 0.3) is 5.69 Å². The topological polar surface area (TPSA) is 102 Å². The third kappa shape index (κ3) is 3.18. The van der Waals surface area contributed by atoms with E-state index in [0.717, 1.165) is 5.56 Å². The fourth-order valence-corrected chi connectivity index (χ4v) is 3.95. The monoisotopic (exact) mass is 351 g/mol. The molecular weight excluding hydrogens is 334 g/mol. The van der Waals surface area contributed by atoms with Gasteiger partial charge in [-0.3, -0.25) is 0 Å². The smallest absolute Gasteiger partial charge is 0.335 e. The van der Waals surface area contributed by atoms with Crippen molar-refractivity contribution in [2.75, 3.05) is 26.3 Å². The molecule has 128 valence electrons. The number of aryl methyl sites for hydroxylation is 1. The first-order valence-corrected chi connectivity index (χ1v) is 8.80. The first-order chi connectivity index (χ1) is 11.4. The number of benzene rings is 1. The highest BCUT2D eigenvalue weighted by Gasteiger charge is 2.27. The Morgan fingerprint density at radius 2 is 1.96 bits per heavy atom. The first kappa shape index (κ1) is 16.6. The van der Waals surface area contributed by atoms with Crippen LogP contribution in [0.5, 0.6) is 0 Å². The van der Waals surface area contributed by atoms with Gasteiger partial charge in [-0.1, -0.05) is 0 Å². The second-order valence-electron chi connectivity index (χ2n) is 5.50. The number of hydrogen-bond donors (Lipinski definition) is 1. The molecule has 0 aliphatic carbocycles. The van der Waals surface area contributed by atoms with Crippen molar-refractivity contribution in [3.05, 3.63) is 41.7 Å². The molecule has 24 heavy (non-hydrogen) atoms. The lowest BCUT2D eigenvalue weighted by Gasteiger charge is -2.26. The second-order valence-corrected chi connectivity index (χ2v) is 7.44. The predicted octanol–water partition coefficient (Wildman–Crippen LogP) is 0.900. The van der Waals surface area contributed by atoms with Crippen LogP contribution in [-0.4, -0.2) is 59.9 Å². The fourth-order valence-electron chi connectivity index (χ4n) is 2.48. The Morgan fingerprint density at radius 3 is 2.54 bits per heavy atom. The number of carbonyl (C=O) groups is 1. The van der Waals surface area contributed by atoms with Crippen molar-refractivity contribution in [3.63, 3.8) is 0 Å². The van der Waals surface area contributed by atoms with Crippen LogP contribution < -0.4 is 0 Å². The van der Waals surface area contributed by atoms with E-state index < -0.39 is 16.0 Å². The Kier molecular flexibility index (Phi) is 4.39. The van der Waals surface area contributed by atoms with Crippen LogP contribution in [0.2, 0.25) is 0 Å². The molecule has 2 heterocycles. The number of sulfonamides is 1. The van der Waals surface area contributed by atoms with Gasteiger partial charge in [0.25, 0.3) is 0 Å². The van der Waals surface area contributed by atoms with Crippen molar-refractivity contribution >= 4 is 16.0 Å². The molecule has 2 aromatic rings. The van der Waals surface area contributed by atoms with Crippen LogP contribution in [0.15, 0.2) is 35.5 Å². The van der Waals surface area contributed by atoms with Gasteiger partial charge < -0.3 is 9.84 Å². The molecule has 0 unspecified atom stereocenters. The Morgan fingerprint density at radius 1 is 1.25 bits per heavy atom. The molecule has 9 heteroatoms. The summed E-state index contributed by atoms with van der Waals surface area (Å²) in [5, 5.41) is 13.4. The van der Waals surface area contributed by atoms with E-state index >= 15 is 0 Å². The molecular formula is C15H17N3O5S. The summed E-state index contributed by atoms with van der Waals surface area (Å²) in [6.45, 7) is 2.98. The van der Waals surface area contributed by atoms with Crippen molar-refractivity contribution in [1.82, 2.24) is 14.1 Å². The van der Waals surface area contributed by atoms with Gasteiger partial charge in [0.2, 0.25) is 10.0 Å². The van der Waals surface area contributed by atoms with Crippen molar-refractivity contribution in [2.45, 2.75) is 11.8 Å². The van der Waals surface area contributed by atoms with E-state index in [9.17, 15) is 18.3 Å². The van der Waals surface area contributed by atoms with Gasteiger partial charge in [-0.15, -0.1) is 0 Å². The lowest BCUT2D eigenvalue weighted by atomic mass is 10.2. The summed E-state index contributed by atoms with van der Waals surface area (Å²) in [6, 6.07) is 4.00. The summed E-state index contributed by atoms with van der Waals surface area (Å²) >= 11 is 0. The van der Waals surface area contributed by atoms with Crippen LogP contribution >= 0.6 is 0 Å². The minimum atomic E-state index is -3.79. The minimum Gasteiger partial charge on any atom is -0.478 e. The molecule has 0 saturated carbocycles. The van der Waals surface area contributed by atoms with E-state index in [1.54, 1.807) is 12.4 Å². The quantitative estimate of drug-likeness (QED) is 0.878. The van der Waals surface area contributed by atoms with Gasteiger partial charge >= 0.3 is 5.97 Å². The maximum Gasteiger partial charge on any atom is 0.335 e. The zero-order valence-corrected chi connectivity index (χ0v) is 13.9. The summed E-state index contributed by atoms with van der Waals surface area (Å²) < 4.78 is 33.5. The highest BCUT2D eigenvalue weighted by atomic mass is 32.2. The summed E-state index contributed by atoms with van der Waals surface area (Å²) in [6.07, 6.45) is 3.32. The van der Waals surface area contributed by atoms with Crippen molar-refractivity contribution in [2.24, 2.45) is 0 Å². The van der Waals surface area contributed by atoms with E-state index in [1.807, 2.05) is 6.92 Å². The summed E-state index contributed by atoms with van der Waals surface area (Å²) in [7, 11) is -3.79. The summed E-state index contributed by atoms with van der Waals surface area (Å²) in [4.78, 5) is 11.3. The number of carboxylic acids is 1. The average Bonchev–Trinajstić information content (AvgIpc) is 3.01. The molecule has 0 bridgehead atoms. The standard InChI is InChI=1S/C15H17N3O5S/c1-11-9-16-18(10-11)13-6-12(15(19)20)7-14(8-13)24(21,22)17-2-4-23-5-3-17/h6-10H,2-5H2,1H3,(H,19,20). The maximum atomic E-state index is 12.8. The van der Waals surface area contributed by atoms with Crippen molar-refractivity contribution in [1.29, 1.82) is 0 Å². The SMILES string of the molecule is Cc1cnn(-c2cc(C(=O)O)cc(S(=O)(=O)N3CCOCC3)c2)c1. The Hall–Kier alpha value is -2.23. The van der Waals surface area contributed by atoms with Crippen LogP contribution in [0.4, 0.5) is 0 Å². The molecule has 1 saturated heterocycles. The van der Waals surface area contributed by atoms with E-state index in [-0.39, 0.29) is 23.5 Å². The van der Waals surface area contributed by atoms with E-state index in [2.05, 4.69) is 5.10 Å². The normalized spacial score (nSPS) is 16.2. The van der Waals surface area contributed by atoms with E-state index in [0.29, 0.717) is 18.9 Å². The molecule has 0 radical (unpaired) electrons. The highest BCUT2D eigenvalue weighted by Crippen LogP contribution is 2.22. The molecule has 0 amide bonds. The molecule has 1 aliphatic heterocycles. The maximum absolute atomic E-state index is 12.8. The number of aromatic carboxylic acids is 1. The minimum absolute atomic E-state index is 0.0625. The number of nitrogens with zero attached hydrogens (tertiary/aromatic N) is 3. The molecule has 0 atom stereocenters. The highest BCUT2D eigenvalue weighted by molar-refractivity contribution is 7.89. The van der Waals surface area contributed by atoms with Crippen molar-refractivity contribution in [3.8, 4) is 5.69 Å². The number of rotatable bonds is 4. The number of morpholine rings is 1. The fraction of sp³-hybridized carbons (Fsp3) is 0.333. The van der Waals surface area contributed by atoms with Gasteiger partial charge in [0.1, 0.15) is 0 Å². The summed E-state index contributed by atoms with van der Waals surface area (Å²) in [5.74, 6) is -1.20. The molecule has 0 spiro atoms. The summed E-state index contributed by atoms with van der Waals surface area (Å²) in [5.41, 5.74) is 1.16. The van der Waals surface area contributed by atoms with Gasteiger partial charge in [-0.25, -0.2) is 17.9 Å². The lowest BCUT2D eigenvalue weighted by molar-refractivity contribution is 0.0696. The number of hydrogen-bond acceptors (Lipinski definition) is 5. The lowest BCUT2D eigenvalue weighted by Crippen LogP contribution is -2.40. The molecule has 1 fully saturated rings. The molecule has 1 N–H and O–H groups in total. The van der Waals surface area contributed by atoms with Crippen molar-refractivity contribution < 1.29 is 23.1 Å². The van der Waals surface area contributed by atoms with Gasteiger partial charge in [0.15, 0.2) is 0 Å². The third-order valence-electron chi connectivity index (χ3n) is 3.72. The van der Waals surface area contributed by atoms with Gasteiger partial charge in [0.05, 0.1) is 35.6 Å². The average molecular weight is 351 g/mol. The van der Waals surface area contributed by atoms with E-state index in [1.165, 1.54) is 27.2 Å². The zero-order chi connectivity index (χ0) is 17.3. The number of carboxylic acid groups (broad SMARTS) is 1. The van der Waals surface area contributed by atoms with Crippen LogP contribution in [0.3, 0.4) is 0 Å². The van der Waals surface area contributed by atoms with E-state index in [4.69, 9.17) is 4.74 Å². The molecule has 1 aliphatic rings. The number of aromatic nitrogens is 2. The Bertz CT molecular complexity index is 869. The van der Waals surface area contributed by atoms with Crippen LogP contribution in [0, 0.1) is 6.92 Å². The largest absolute Gasteiger partial charge is 0.478 e.